The monoisotopic (exact) mass is 480 g/mol. The molecular formula is C23H23F3N2O4S. The van der Waals surface area contributed by atoms with Gasteiger partial charge in [0.1, 0.15) is 10.6 Å². The van der Waals surface area contributed by atoms with E-state index >= 15 is 0 Å². The van der Waals surface area contributed by atoms with E-state index in [1.165, 1.54) is 18.6 Å². The minimum absolute atomic E-state index is 0.0195. The van der Waals surface area contributed by atoms with Gasteiger partial charge in [0.15, 0.2) is 0 Å². The minimum atomic E-state index is -4.67. The van der Waals surface area contributed by atoms with Crippen molar-refractivity contribution in [1.82, 2.24) is 0 Å². The number of alkyl halides is 3. The van der Waals surface area contributed by atoms with Crippen LogP contribution in [-0.4, -0.2) is 14.3 Å². The highest BCUT2D eigenvalue weighted by atomic mass is 32.2. The fourth-order valence-electron chi connectivity index (χ4n) is 4.85. The zero-order valence-electron chi connectivity index (χ0n) is 17.7. The predicted octanol–water partition coefficient (Wildman–Crippen LogP) is 5.78. The van der Waals surface area contributed by atoms with Crippen molar-refractivity contribution in [1.29, 1.82) is 0 Å². The van der Waals surface area contributed by atoms with E-state index in [1.54, 1.807) is 18.2 Å². The van der Waals surface area contributed by atoms with E-state index in [0.29, 0.717) is 24.0 Å². The summed E-state index contributed by atoms with van der Waals surface area (Å²) in [5, 5.41) is 7.37. The Labute approximate surface area is 190 Å². The summed E-state index contributed by atoms with van der Waals surface area (Å²) < 4.78 is 70.1. The van der Waals surface area contributed by atoms with E-state index in [0.717, 1.165) is 25.3 Å². The third kappa shape index (κ3) is 5.61. The average molecular weight is 481 g/mol. The molecule has 2 aliphatic rings. The molecule has 4 rings (SSSR count). The quantitative estimate of drug-likeness (QED) is 0.372. The molecule has 0 heterocycles. The second-order valence-electron chi connectivity index (χ2n) is 8.60. The van der Waals surface area contributed by atoms with Crippen LogP contribution >= 0.6 is 0 Å². The van der Waals surface area contributed by atoms with Crippen LogP contribution in [0.4, 0.5) is 13.2 Å². The van der Waals surface area contributed by atoms with E-state index in [2.05, 4.69) is 10.2 Å². The van der Waals surface area contributed by atoms with Gasteiger partial charge in [-0.2, -0.15) is 26.7 Å². The van der Waals surface area contributed by atoms with Crippen LogP contribution in [0.2, 0.25) is 0 Å². The summed E-state index contributed by atoms with van der Waals surface area (Å²) in [7, 11) is -4.44. The number of carbonyl (C=O) groups excluding carboxylic acids is 1. The first-order valence-electron chi connectivity index (χ1n) is 10.7. The number of amides is 1. The molecule has 2 bridgehead atoms. The van der Waals surface area contributed by atoms with Crippen LogP contribution in [0.15, 0.2) is 63.7 Å². The van der Waals surface area contributed by atoms with Crippen LogP contribution in [0.1, 0.15) is 43.2 Å². The van der Waals surface area contributed by atoms with E-state index in [4.69, 9.17) is 4.18 Å². The summed E-state index contributed by atoms with van der Waals surface area (Å²) in [6.07, 6.45) is 0.0453. The normalized spacial score (nSPS) is 22.7. The molecule has 1 amide bonds. The maximum absolute atomic E-state index is 13.2. The van der Waals surface area contributed by atoms with Crippen molar-refractivity contribution < 1.29 is 30.6 Å². The van der Waals surface area contributed by atoms with Crippen molar-refractivity contribution in [3.8, 4) is 5.75 Å². The standard InChI is InChI=1S/C23H23F3N2O4S/c24-23(25,26)19-8-9-21(33(30,31)32-20-4-2-1-3-5-20)18(12-19)14-27-28-22(29)13-17-11-15-6-7-16(17)10-15/h1-5,8-9,12,15-17H,6-7,10-11,13-14H2. The van der Waals surface area contributed by atoms with Crippen molar-refractivity contribution in [3.05, 3.63) is 59.7 Å². The van der Waals surface area contributed by atoms with Gasteiger partial charge in [-0.15, -0.1) is 5.11 Å². The number of para-hydroxylation sites is 1. The van der Waals surface area contributed by atoms with Crippen molar-refractivity contribution >= 4 is 16.0 Å². The van der Waals surface area contributed by atoms with Crippen molar-refractivity contribution in [2.24, 2.45) is 28.0 Å². The number of benzene rings is 2. The van der Waals surface area contributed by atoms with Gasteiger partial charge in [0, 0.05) is 6.42 Å². The lowest BCUT2D eigenvalue weighted by Gasteiger charge is -2.19. The zero-order chi connectivity index (χ0) is 23.6. The Bertz CT molecular complexity index is 1150. The largest absolute Gasteiger partial charge is 0.416 e. The third-order valence-corrected chi connectivity index (χ3v) is 7.70. The molecule has 2 saturated carbocycles. The second-order valence-corrected chi connectivity index (χ2v) is 10.1. The highest BCUT2D eigenvalue weighted by Crippen LogP contribution is 2.49. The first-order valence-corrected chi connectivity index (χ1v) is 12.1. The molecule has 0 N–H and O–H groups in total. The lowest BCUT2D eigenvalue weighted by atomic mass is 9.86. The highest BCUT2D eigenvalue weighted by molar-refractivity contribution is 7.87. The number of halogens is 3. The summed E-state index contributed by atoms with van der Waals surface area (Å²) in [5.41, 5.74) is -1.28. The molecule has 33 heavy (non-hydrogen) atoms. The topological polar surface area (TPSA) is 85.2 Å². The Kier molecular flexibility index (Phi) is 6.56. The van der Waals surface area contributed by atoms with E-state index in [1.807, 2.05) is 0 Å². The number of rotatable bonds is 7. The van der Waals surface area contributed by atoms with Gasteiger partial charge in [0.05, 0.1) is 12.1 Å². The maximum Gasteiger partial charge on any atom is 0.416 e. The first kappa shape index (κ1) is 23.4. The summed E-state index contributed by atoms with van der Waals surface area (Å²) >= 11 is 0. The number of hydrogen-bond acceptors (Lipinski definition) is 5. The van der Waals surface area contributed by atoms with Gasteiger partial charge in [-0.25, -0.2) is 0 Å². The summed E-state index contributed by atoms with van der Waals surface area (Å²) in [6, 6.07) is 9.82. The maximum atomic E-state index is 13.2. The SMILES string of the molecule is O=C(CC1CC2CCC1C2)N=NCc1cc(C(F)(F)F)ccc1S(=O)(=O)Oc1ccccc1. The smallest absolute Gasteiger partial charge is 0.379 e. The molecule has 0 radical (unpaired) electrons. The van der Waals surface area contributed by atoms with Gasteiger partial charge in [0.25, 0.3) is 5.91 Å². The van der Waals surface area contributed by atoms with Crippen LogP contribution in [-0.2, 0) is 27.6 Å². The Balaban J connectivity index is 1.52. The molecule has 3 unspecified atom stereocenters. The lowest BCUT2D eigenvalue weighted by molar-refractivity contribution is -0.137. The van der Waals surface area contributed by atoms with Gasteiger partial charge in [-0.05, 0) is 72.9 Å². The molecule has 0 aliphatic heterocycles. The number of carbonyl (C=O) groups is 1. The lowest BCUT2D eigenvalue weighted by Crippen LogP contribution is -2.14. The molecule has 2 aromatic carbocycles. The van der Waals surface area contributed by atoms with Crippen molar-refractivity contribution in [2.75, 3.05) is 0 Å². The number of nitrogens with zero attached hydrogens (tertiary/aromatic N) is 2. The predicted molar refractivity (Wildman–Crippen MR) is 113 cm³/mol. The molecule has 3 atom stereocenters. The molecule has 0 spiro atoms. The molecule has 176 valence electrons. The van der Waals surface area contributed by atoms with Crippen LogP contribution in [0.3, 0.4) is 0 Å². The van der Waals surface area contributed by atoms with E-state index in [9.17, 15) is 26.4 Å². The van der Waals surface area contributed by atoms with E-state index < -0.39 is 39.2 Å². The Hall–Kier alpha value is -2.75. The number of fused-ring (bicyclic) bond motifs is 2. The number of azo groups is 1. The Morgan fingerprint density at radius 2 is 1.82 bits per heavy atom. The van der Waals surface area contributed by atoms with Crippen molar-refractivity contribution in [3.63, 3.8) is 0 Å². The Morgan fingerprint density at radius 1 is 1.06 bits per heavy atom. The summed E-state index contributed by atoms with van der Waals surface area (Å²) in [5.74, 6) is 1.06. The van der Waals surface area contributed by atoms with Crippen LogP contribution < -0.4 is 4.18 Å². The molecule has 10 heteroatoms. The van der Waals surface area contributed by atoms with Gasteiger partial charge in [-0.1, -0.05) is 24.6 Å². The molecule has 2 aromatic rings. The molecule has 6 nitrogen and oxygen atoms in total. The zero-order valence-corrected chi connectivity index (χ0v) is 18.5. The summed E-state index contributed by atoms with van der Waals surface area (Å²) in [6.45, 7) is -0.501. The Morgan fingerprint density at radius 3 is 2.45 bits per heavy atom. The fourth-order valence-corrected chi connectivity index (χ4v) is 5.99. The van der Waals surface area contributed by atoms with Gasteiger partial charge in [-0.3, -0.25) is 4.79 Å². The second kappa shape index (κ2) is 9.24. The van der Waals surface area contributed by atoms with Crippen LogP contribution in [0, 0.1) is 17.8 Å². The summed E-state index contributed by atoms with van der Waals surface area (Å²) in [4.78, 5) is 11.8. The van der Waals surface area contributed by atoms with Crippen LogP contribution in [0.5, 0.6) is 5.75 Å². The fraction of sp³-hybridized carbons (Fsp3) is 0.435. The third-order valence-electron chi connectivity index (χ3n) is 6.35. The number of hydrogen-bond donors (Lipinski definition) is 0. The van der Waals surface area contributed by atoms with Gasteiger partial charge < -0.3 is 4.18 Å². The highest BCUT2D eigenvalue weighted by Gasteiger charge is 2.40. The van der Waals surface area contributed by atoms with Gasteiger partial charge in [0.2, 0.25) is 0 Å². The van der Waals surface area contributed by atoms with Crippen molar-refractivity contribution in [2.45, 2.75) is 49.7 Å². The average Bonchev–Trinajstić information content (AvgIpc) is 3.36. The molecule has 2 aliphatic carbocycles. The first-order chi connectivity index (χ1) is 15.6. The van der Waals surface area contributed by atoms with E-state index in [-0.39, 0.29) is 23.7 Å². The minimum Gasteiger partial charge on any atom is -0.379 e. The van der Waals surface area contributed by atoms with Gasteiger partial charge >= 0.3 is 16.3 Å². The van der Waals surface area contributed by atoms with Crippen LogP contribution in [0.25, 0.3) is 0 Å². The molecule has 0 aromatic heterocycles. The molecule has 0 saturated heterocycles. The molecular weight excluding hydrogens is 457 g/mol. The molecule has 2 fully saturated rings.